The quantitative estimate of drug-likeness (QED) is 0.917. The van der Waals surface area contributed by atoms with E-state index in [4.69, 9.17) is 11.6 Å². The molecular weight excluding hydrogens is 262 g/mol. The average molecular weight is 278 g/mol. The van der Waals surface area contributed by atoms with Crippen molar-refractivity contribution in [3.05, 3.63) is 39.8 Å². The fraction of sp³-hybridized carbons (Fsp3) is 0.429. The van der Waals surface area contributed by atoms with Gasteiger partial charge < -0.3 is 5.32 Å². The zero-order chi connectivity index (χ0) is 13.2. The number of aromatic nitrogens is 2. The molecule has 0 unspecified atom stereocenters. The molecule has 4 nitrogen and oxygen atoms in total. The van der Waals surface area contributed by atoms with Gasteiger partial charge in [0.05, 0.1) is 5.02 Å². The van der Waals surface area contributed by atoms with Crippen LogP contribution in [0.4, 0.5) is 5.82 Å². The van der Waals surface area contributed by atoms with E-state index in [9.17, 15) is 4.79 Å². The lowest BCUT2D eigenvalue weighted by Gasteiger charge is -2.23. The number of rotatable bonds is 2. The van der Waals surface area contributed by atoms with Crippen molar-refractivity contribution in [2.45, 2.75) is 38.1 Å². The van der Waals surface area contributed by atoms with Crippen molar-refractivity contribution < 1.29 is 0 Å². The van der Waals surface area contributed by atoms with Crippen LogP contribution < -0.4 is 10.9 Å². The van der Waals surface area contributed by atoms with Crippen LogP contribution in [0, 0.1) is 0 Å². The lowest BCUT2D eigenvalue weighted by molar-refractivity contribution is 0.462. The van der Waals surface area contributed by atoms with E-state index in [-0.39, 0.29) is 5.56 Å². The molecule has 0 saturated heterocycles. The molecule has 1 aliphatic carbocycles. The van der Waals surface area contributed by atoms with Crippen molar-refractivity contribution in [2.24, 2.45) is 0 Å². The summed E-state index contributed by atoms with van der Waals surface area (Å²) in [5.74, 6) is 0.666. The van der Waals surface area contributed by atoms with Crippen LogP contribution in [0.25, 0.3) is 5.65 Å². The highest BCUT2D eigenvalue weighted by Crippen LogP contribution is 2.20. The molecule has 0 bridgehead atoms. The molecule has 0 aromatic carbocycles. The molecule has 3 rings (SSSR count). The number of fused-ring (bicyclic) bond motifs is 1. The third-order valence-electron chi connectivity index (χ3n) is 3.58. The largest absolute Gasteiger partial charge is 0.367 e. The standard InChI is InChI=1S/C14H16ClN3O/c15-10-6-7-13-17-12(8-14(19)18(13)9-10)16-11-4-2-1-3-5-11/h6-9,11,16H,1-5H2. The fourth-order valence-electron chi connectivity index (χ4n) is 2.61. The van der Waals surface area contributed by atoms with Crippen molar-refractivity contribution in [1.29, 1.82) is 0 Å². The van der Waals surface area contributed by atoms with E-state index in [0.717, 1.165) is 12.8 Å². The van der Waals surface area contributed by atoms with Gasteiger partial charge in [-0.3, -0.25) is 9.20 Å². The summed E-state index contributed by atoms with van der Waals surface area (Å²) in [4.78, 5) is 16.5. The molecule has 1 N–H and O–H groups in total. The first kappa shape index (κ1) is 12.5. The summed E-state index contributed by atoms with van der Waals surface area (Å²) in [5.41, 5.74) is 0.515. The van der Waals surface area contributed by atoms with Crippen molar-refractivity contribution in [3.63, 3.8) is 0 Å². The summed E-state index contributed by atoms with van der Waals surface area (Å²) in [7, 11) is 0. The van der Waals surface area contributed by atoms with Crippen LogP contribution in [-0.4, -0.2) is 15.4 Å². The summed E-state index contributed by atoms with van der Waals surface area (Å²) in [6.45, 7) is 0. The molecular formula is C14H16ClN3O. The van der Waals surface area contributed by atoms with E-state index in [1.807, 2.05) is 0 Å². The van der Waals surface area contributed by atoms with Crippen LogP contribution in [0.5, 0.6) is 0 Å². The van der Waals surface area contributed by atoms with Gasteiger partial charge in [-0.1, -0.05) is 30.9 Å². The van der Waals surface area contributed by atoms with Crippen LogP contribution in [0.2, 0.25) is 5.02 Å². The van der Waals surface area contributed by atoms with Crippen LogP contribution >= 0.6 is 11.6 Å². The average Bonchev–Trinajstić information content (AvgIpc) is 2.41. The minimum atomic E-state index is -0.106. The van der Waals surface area contributed by atoms with Gasteiger partial charge in [0.25, 0.3) is 5.56 Å². The lowest BCUT2D eigenvalue weighted by atomic mass is 9.95. The van der Waals surface area contributed by atoms with E-state index in [2.05, 4.69) is 10.3 Å². The number of hydrogen-bond acceptors (Lipinski definition) is 3. The molecule has 100 valence electrons. The first-order chi connectivity index (χ1) is 9.22. The monoisotopic (exact) mass is 277 g/mol. The smallest absolute Gasteiger partial charge is 0.259 e. The van der Waals surface area contributed by atoms with Crippen molar-refractivity contribution in [1.82, 2.24) is 9.38 Å². The normalized spacial score (nSPS) is 16.7. The molecule has 0 amide bonds. The van der Waals surface area contributed by atoms with Crippen LogP contribution in [0.1, 0.15) is 32.1 Å². The van der Waals surface area contributed by atoms with Crippen LogP contribution in [0.15, 0.2) is 29.2 Å². The van der Waals surface area contributed by atoms with Gasteiger partial charge in [0, 0.05) is 18.3 Å². The Morgan fingerprint density at radius 2 is 2.05 bits per heavy atom. The van der Waals surface area contributed by atoms with Gasteiger partial charge in [0.2, 0.25) is 0 Å². The molecule has 19 heavy (non-hydrogen) atoms. The number of anilines is 1. The zero-order valence-electron chi connectivity index (χ0n) is 10.6. The Morgan fingerprint density at radius 3 is 2.84 bits per heavy atom. The van der Waals surface area contributed by atoms with Gasteiger partial charge >= 0.3 is 0 Å². The molecule has 5 heteroatoms. The van der Waals surface area contributed by atoms with Crippen LogP contribution in [-0.2, 0) is 0 Å². The molecule has 0 radical (unpaired) electrons. The van der Waals surface area contributed by atoms with E-state index < -0.39 is 0 Å². The van der Waals surface area contributed by atoms with E-state index in [1.165, 1.54) is 29.7 Å². The molecule has 0 aliphatic heterocycles. The highest BCUT2D eigenvalue weighted by molar-refractivity contribution is 6.30. The second-order valence-electron chi connectivity index (χ2n) is 5.03. The molecule has 2 aromatic rings. The molecule has 2 aromatic heterocycles. The van der Waals surface area contributed by atoms with Gasteiger partial charge in [-0.15, -0.1) is 0 Å². The molecule has 1 fully saturated rings. The predicted octanol–water partition coefficient (Wildman–Crippen LogP) is 3.09. The summed E-state index contributed by atoms with van der Waals surface area (Å²) in [5, 5.41) is 3.90. The Balaban J connectivity index is 1.92. The Hall–Kier alpha value is -1.55. The number of halogens is 1. The number of pyridine rings is 1. The Bertz CT molecular complexity index is 647. The topological polar surface area (TPSA) is 46.4 Å². The molecule has 0 spiro atoms. The zero-order valence-corrected chi connectivity index (χ0v) is 11.4. The SMILES string of the molecule is O=c1cc(NC2CCCCC2)nc2ccc(Cl)cn12. The second-order valence-corrected chi connectivity index (χ2v) is 5.47. The highest BCUT2D eigenvalue weighted by atomic mass is 35.5. The summed E-state index contributed by atoms with van der Waals surface area (Å²) < 4.78 is 1.47. The Kier molecular flexibility index (Phi) is 3.42. The predicted molar refractivity (Wildman–Crippen MR) is 77.0 cm³/mol. The van der Waals surface area contributed by atoms with Crippen molar-refractivity contribution >= 4 is 23.1 Å². The molecule has 2 heterocycles. The van der Waals surface area contributed by atoms with Gasteiger partial charge in [-0.05, 0) is 25.0 Å². The number of hydrogen-bond donors (Lipinski definition) is 1. The maximum atomic E-state index is 12.0. The van der Waals surface area contributed by atoms with Gasteiger partial charge in [-0.2, -0.15) is 0 Å². The number of nitrogens with one attached hydrogen (secondary N) is 1. The minimum Gasteiger partial charge on any atom is -0.367 e. The Labute approximate surface area is 116 Å². The van der Waals surface area contributed by atoms with Gasteiger partial charge in [-0.25, -0.2) is 4.98 Å². The highest BCUT2D eigenvalue weighted by Gasteiger charge is 2.14. The molecule has 0 atom stereocenters. The first-order valence-corrected chi connectivity index (χ1v) is 7.06. The van der Waals surface area contributed by atoms with Crippen LogP contribution in [0.3, 0.4) is 0 Å². The Morgan fingerprint density at radius 1 is 1.26 bits per heavy atom. The van der Waals surface area contributed by atoms with E-state index in [0.29, 0.717) is 22.5 Å². The summed E-state index contributed by atoms with van der Waals surface area (Å²) in [6, 6.07) is 5.48. The maximum Gasteiger partial charge on any atom is 0.259 e. The van der Waals surface area contributed by atoms with Crippen molar-refractivity contribution in [3.8, 4) is 0 Å². The third kappa shape index (κ3) is 2.73. The number of nitrogens with zero attached hydrogens (tertiary/aromatic N) is 2. The molecule has 1 saturated carbocycles. The third-order valence-corrected chi connectivity index (χ3v) is 3.80. The fourth-order valence-corrected chi connectivity index (χ4v) is 2.77. The maximum absolute atomic E-state index is 12.0. The van der Waals surface area contributed by atoms with Gasteiger partial charge in [0.15, 0.2) is 0 Å². The van der Waals surface area contributed by atoms with E-state index in [1.54, 1.807) is 18.3 Å². The molecule has 1 aliphatic rings. The second kappa shape index (κ2) is 5.21. The van der Waals surface area contributed by atoms with Crippen molar-refractivity contribution in [2.75, 3.05) is 5.32 Å². The summed E-state index contributed by atoms with van der Waals surface area (Å²) >= 11 is 5.88. The van der Waals surface area contributed by atoms with E-state index >= 15 is 0 Å². The minimum absolute atomic E-state index is 0.106. The summed E-state index contributed by atoms with van der Waals surface area (Å²) in [6.07, 6.45) is 7.71. The lowest BCUT2D eigenvalue weighted by Crippen LogP contribution is -2.24. The first-order valence-electron chi connectivity index (χ1n) is 6.68. The van der Waals surface area contributed by atoms with Gasteiger partial charge in [0.1, 0.15) is 11.5 Å².